The number of ether oxygens (including phenoxy) is 1. The van der Waals surface area contributed by atoms with Crippen LogP contribution < -0.4 is 10.1 Å². The van der Waals surface area contributed by atoms with Crippen LogP contribution in [0.4, 0.5) is 5.69 Å². The van der Waals surface area contributed by atoms with Crippen LogP contribution in [0.25, 0.3) is 0 Å². The molecule has 0 amide bonds. The first-order valence-electron chi connectivity index (χ1n) is 6.48. The van der Waals surface area contributed by atoms with Crippen LogP contribution in [-0.2, 0) is 4.79 Å². The Balaban J connectivity index is 2.83. The van der Waals surface area contributed by atoms with Crippen molar-refractivity contribution in [2.24, 2.45) is 11.8 Å². The van der Waals surface area contributed by atoms with Crippen molar-refractivity contribution in [3.05, 3.63) is 23.3 Å². The Morgan fingerprint density at radius 2 is 1.95 bits per heavy atom. The lowest BCUT2D eigenvalue weighted by atomic mass is 9.96. The van der Waals surface area contributed by atoms with E-state index in [0.29, 0.717) is 6.54 Å². The van der Waals surface area contributed by atoms with Gasteiger partial charge in [0.1, 0.15) is 5.75 Å². The molecule has 0 bridgehead atoms. The van der Waals surface area contributed by atoms with Crippen molar-refractivity contribution in [1.29, 1.82) is 0 Å². The highest BCUT2D eigenvalue weighted by atomic mass is 16.5. The number of aliphatic carboxylic acids is 1. The lowest BCUT2D eigenvalue weighted by molar-refractivity contribution is -0.142. The van der Waals surface area contributed by atoms with Gasteiger partial charge in [0, 0.05) is 12.2 Å². The third-order valence-corrected chi connectivity index (χ3v) is 3.38. The molecule has 1 aromatic carbocycles. The fraction of sp³-hybridized carbons (Fsp3) is 0.533. The fourth-order valence-electron chi connectivity index (χ4n) is 2.03. The van der Waals surface area contributed by atoms with Crippen molar-refractivity contribution < 1.29 is 14.6 Å². The van der Waals surface area contributed by atoms with E-state index < -0.39 is 5.97 Å². The largest absolute Gasteiger partial charge is 0.496 e. The first-order chi connectivity index (χ1) is 8.86. The number of nitrogens with one attached hydrogen (secondary N) is 1. The number of aryl methyl sites for hydroxylation is 2. The maximum atomic E-state index is 11.2. The summed E-state index contributed by atoms with van der Waals surface area (Å²) in [5.41, 5.74) is 3.05. The Labute approximate surface area is 114 Å². The number of rotatable bonds is 6. The van der Waals surface area contributed by atoms with Crippen molar-refractivity contribution >= 4 is 11.7 Å². The molecule has 0 aliphatic rings. The standard InChI is InChI=1S/C15H23NO3/c1-9(2)12(15(17)18)8-16-13-6-11(4)14(19-5)7-10(13)3/h6-7,9,12,16H,8H2,1-5H3,(H,17,18). The average molecular weight is 265 g/mol. The van der Waals surface area contributed by atoms with Gasteiger partial charge < -0.3 is 15.2 Å². The first-order valence-corrected chi connectivity index (χ1v) is 6.48. The molecule has 1 unspecified atom stereocenters. The molecule has 0 heterocycles. The van der Waals surface area contributed by atoms with Gasteiger partial charge in [0.05, 0.1) is 13.0 Å². The molecule has 0 saturated heterocycles. The second-order valence-electron chi connectivity index (χ2n) is 5.21. The molecule has 1 rings (SSSR count). The number of anilines is 1. The van der Waals surface area contributed by atoms with Crippen molar-refractivity contribution in [2.75, 3.05) is 19.0 Å². The topological polar surface area (TPSA) is 58.6 Å². The maximum absolute atomic E-state index is 11.2. The average Bonchev–Trinajstić information content (AvgIpc) is 2.32. The van der Waals surface area contributed by atoms with Gasteiger partial charge in [-0.15, -0.1) is 0 Å². The summed E-state index contributed by atoms with van der Waals surface area (Å²) in [5, 5.41) is 12.4. The number of benzene rings is 1. The van der Waals surface area contributed by atoms with E-state index in [2.05, 4.69) is 5.32 Å². The highest BCUT2D eigenvalue weighted by Crippen LogP contribution is 2.26. The maximum Gasteiger partial charge on any atom is 0.308 e. The zero-order valence-corrected chi connectivity index (χ0v) is 12.3. The predicted molar refractivity (Wildman–Crippen MR) is 76.9 cm³/mol. The van der Waals surface area contributed by atoms with Crippen LogP contribution in [-0.4, -0.2) is 24.7 Å². The molecular weight excluding hydrogens is 242 g/mol. The highest BCUT2D eigenvalue weighted by molar-refractivity contribution is 5.71. The SMILES string of the molecule is COc1cc(C)c(NCC(C(=O)O)C(C)C)cc1C. The summed E-state index contributed by atoms with van der Waals surface area (Å²) in [6.07, 6.45) is 0. The molecule has 0 fully saturated rings. The van der Waals surface area contributed by atoms with Gasteiger partial charge in [-0.25, -0.2) is 0 Å². The lowest BCUT2D eigenvalue weighted by Crippen LogP contribution is -2.27. The molecule has 0 aromatic heterocycles. The van der Waals surface area contributed by atoms with Crippen LogP contribution >= 0.6 is 0 Å². The van der Waals surface area contributed by atoms with E-state index in [4.69, 9.17) is 9.84 Å². The van der Waals surface area contributed by atoms with Gasteiger partial charge in [-0.2, -0.15) is 0 Å². The van der Waals surface area contributed by atoms with Crippen LogP contribution in [0.3, 0.4) is 0 Å². The molecule has 0 saturated carbocycles. The summed E-state index contributed by atoms with van der Waals surface area (Å²) in [5.74, 6) is -0.196. The van der Waals surface area contributed by atoms with E-state index in [0.717, 1.165) is 22.6 Å². The van der Waals surface area contributed by atoms with Crippen LogP contribution in [0, 0.1) is 25.7 Å². The molecule has 106 valence electrons. The Kier molecular flexibility index (Phi) is 5.21. The second kappa shape index (κ2) is 6.45. The monoisotopic (exact) mass is 265 g/mol. The smallest absolute Gasteiger partial charge is 0.308 e. The second-order valence-corrected chi connectivity index (χ2v) is 5.21. The summed E-state index contributed by atoms with van der Waals surface area (Å²) in [7, 11) is 1.65. The number of carboxylic acids is 1. The summed E-state index contributed by atoms with van der Waals surface area (Å²) < 4.78 is 5.26. The first kappa shape index (κ1) is 15.3. The number of hydrogen-bond acceptors (Lipinski definition) is 3. The third-order valence-electron chi connectivity index (χ3n) is 3.38. The Bertz CT molecular complexity index is 455. The normalized spacial score (nSPS) is 12.3. The van der Waals surface area contributed by atoms with Crippen LogP contribution in [0.2, 0.25) is 0 Å². The van der Waals surface area contributed by atoms with Gasteiger partial charge in [-0.05, 0) is 43.0 Å². The molecule has 19 heavy (non-hydrogen) atoms. The predicted octanol–water partition coefficient (Wildman–Crippen LogP) is 3.08. The lowest BCUT2D eigenvalue weighted by Gasteiger charge is -2.19. The molecule has 2 N–H and O–H groups in total. The van der Waals surface area contributed by atoms with E-state index >= 15 is 0 Å². The fourth-order valence-corrected chi connectivity index (χ4v) is 2.03. The van der Waals surface area contributed by atoms with Crippen LogP contribution in [0.1, 0.15) is 25.0 Å². The number of carbonyl (C=O) groups is 1. The van der Waals surface area contributed by atoms with E-state index in [1.54, 1.807) is 7.11 Å². The van der Waals surface area contributed by atoms with E-state index in [9.17, 15) is 4.79 Å². The van der Waals surface area contributed by atoms with Gasteiger partial charge in [-0.1, -0.05) is 13.8 Å². The molecule has 1 atom stereocenters. The molecule has 0 radical (unpaired) electrons. The van der Waals surface area contributed by atoms with Gasteiger partial charge >= 0.3 is 5.97 Å². The molecule has 4 heteroatoms. The van der Waals surface area contributed by atoms with Gasteiger partial charge in [-0.3, -0.25) is 4.79 Å². The molecule has 1 aromatic rings. The minimum atomic E-state index is -0.759. The third kappa shape index (κ3) is 3.88. The summed E-state index contributed by atoms with van der Waals surface area (Å²) >= 11 is 0. The summed E-state index contributed by atoms with van der Waals surface area (Å²) in [4.78, 5) is 11.2. The Hall–Kier alpha value is -1.71. The summed E-state index contributed by atoms with van der Waals surface area (Å²) in [6, 6.07) is 3.95. The van der Waals surface area contributed by atoms with Crippen LogP contribution in [0.15, 0.2) is 12.1 Å². The molecule has 0 aliphatic carbocycles. The molecule has 0 spiro atoms. The molecule has 0 aliphatic heterocycles. The zero-order valence-electron chi connectivity index (χ0n) is 12.3. The number of carboxylic acid groups (broad SMARTS) is 1. The van der Waals surface area contributed by atoms with Gasteiger partial charge in [0.2, 0.25) is 0 Å². The van der Waals surface area contributed by atoms with E-state index in [1.165, 1.54) is 0 Å². The summed E-state index contributed by atoms with van der Waals surface area (Å²) in [6.45, 7) is 8.23. The van der Waals surface area contributed by atoms with Crippen molar-refractivity contribution in [2.45, 2.75) is 27.7 Å². The minimum Gasteiger partial charge on any atom is -0.496 e. The minimum absolute atomic E-state index is 0.102. The van der Waals surface area contributed by atoms with Crippen molar-refractivity contribution in [3.8, 4) is 5.75 Å². The van der Waals surface area contributed by atoms with E-state index in [1.807, 2.05) is 39.8 Å². The Morgan fingerprint density at radius 1 is 1.32 bits per heavy atom. The van der Waals surface area contributed by atoms with Gasteiger partial charge in [0.25, 0.3) is 0 Å². The highest BCUT2D eigenvalue weighted by Gasteiger charge is 2.21. The van der Waals surface area contributed by atoms with Gasteiger partial charge in [0.15, 0.2) is 0 Å². The zero-order chi connectivity index (χ0) is 14.6. The molecule has 4 nitrogen and oxygen atoms in total. The number of methoxy groups -OCH3 is 1. The van der Waals surface area contributed by atoms with E-state index in [-0.39, 0.29) is 11.8 Å². The molecular formula is C15H23NO3. The van der Waals surface area contributed by atoms with Crippen molar-refractivity contribution in [3.63, 3.8) is 0 Å². The number of hydrogen-bond donors (Lipinski definition) is 2. The Morgan fingerprint density at radius 3 is 2.42 bits per heavy atom. The van der Waals surface area contributed by atoms with Crippen LogP contribution in [0.5, 0.6) is 5.75 Å². The quantitative estimate of drug-likeness (QED) is 0.830. The van der Waals surface area contributed by atoms with Crippen molar-refractivity contribution in [1.82, 2.24) is 0 Å².